The number of nitrogens with zero attached hydrogens (tertiary/aromatic N) is 2. The van der Waals surface area contributed by atoms with E-state index in [1.807, 2.05) is 12.1 Å². The van der Waals surface area contributed by atoms with Crippen LogP contribution in [0.1, 0.15) is 19.3 Å². The van der Waals surface area contributed by atoms with E-state index in [0.717, 1.165) is 18.8 Å². The zero-order valence-electron chi connectivity index (χ0n) is 10.2. The van der Waals surface area contributed by atoms with Crippen molar-refractivity contribution in [3.8, 4) is 0 Å². The Balaban J connectivity index is 1.73. The summed E-state index contributed by atoms with van der Waals surface area (Å²) in [6.07, 6.45) is 5.82. The molecule has 0 aromatic carbocycles. The maximum Gasteiger partial charge on any atom is 0.141 e. The van der Waals surface area contributed by atoms with Gasteiger partial charge in [0.2, 0.25) is 0 Å². The van der Waals surface area contributed by atoms with Gasteiger partial charge in [0.05, 0.1) is 0 Å². The van der Waals surface area contributed by atoms with E-state index in [0.29, 0.717) is 5.82 Å². The van der Waals surface area contributed by atoms with Gasteiger partial charge in [-0.15, -0.1) is 0 Å². The number of nitrogens with one attached hydrogen (secondary N) is 2. The van der Waals surface area contributed by atoms with Gasteiger partial charge < -0.3 is 15.6 Å². The third-order valence-corrected chi connectivity index (χ3v) is 3.11. The molecule has 5 nitrogen and oxygen atoms in total. The molecule has 4 N–H and O–H groups in total. The molecule has 0 amide bonds. The Labute approximate surface area is 102 Å². The van der Waals surface area contributed by atoms with E-state index in [4.69, 9.17) is 5.84 Å². The largest absolute Gasteiger partial charge is 0.384 e. The Hall–Kier alpha value is -1.33. The highest BCUT2D eigenvalue weighted by Crippen LogP contribution is 2.11. The van der Waals surface area contributed by atoms with Crippen LogP contribution in [0.25, 0.3) is 0 Å². The van der Waals surface area contributed by atoms with Gasteiger partial charge in [-0.2, -0.15) is 0 Å². The minimum Gasteiger partial charge on any atom is -0.384 e. The highest BCUT2D eigenvalue weighted by atomic mass is 15.2. The SMILES string of the molecule is NNc1cc(NCCN2CCCCC2)ccn1. The van der Waals surface area contributed by atoms with Crippen molar-refractivity contribution in [3.05, 3.63) is 18.3 Å². The summed E-state index contributed by atoms with van der Waals surface area (Å²) in [5.41, 5.74) is 3.61. The predicted octanol–water partition coefficient (Wildman–Crippen LogP) is 1.26. The van der Waals surface area contributed by atoms with E-state index >= 15 is 0 Å². The molecular formula is C12H21N5. The molecule has 1 aromatic heterocycles. The van der Waals surface area contributed by atoms with Crippen molar-refractivity contribution in [1.82, 2.24) is 9.88 Å². The molecule has 0 saturated carbocycles. The van der Waals surface area contributed by atoms with E-state index in [-0.39, 0.29) is 0 Å². The van der Waals surface area contributed by atoms with Crippen LogP contribution in [-0.2, 0) is 0 Å². The fourth-order valence-electron chi connectivity index (χ4n) is 2.16. The lowest BCUT2D eigenvalue weighted by Crippen LogP contribution is -2.33. The minimum absolute atomic E-state index is 0.688. The number of hydrogen-bond donors (Lipinski definition) is 3. The van der Waals surface area contributed by atoms with Crippen LogP contribution in [0, 0.1) is 0 Å². The fourth-order valence-corrected chi connectivity index (χ4v) is 2.16. The highest BCUT2D eigenvalue weighted by molar-refractivity contribution is 5.51. The van der Waals surface area contributed by atoms with Gasteiger partial charge in [0, 0.05) is 31.0 Å². The van der Waals surface area contributed by atoms with Crippen LogP contribution in [0.3, 0.4) is 0 Å². The Morgan fingerprint density at radius 1 is 1.29 bits per heavy atom. The fraction of sp³-hybridized carbons (Fsp3) is 0.583. The van der Waals surface area contributed by atoms with E-state index in [2.05, 4.69) is 20.6 Å². The van der Waals surface area contributed by atoms with Crippen molar-refractivity contribution in [2.75, 3.05) is 36.9 Å². The summed E-state index contributed by atoms with van der Waals surface area (Å²) in [7, 11) is 0. The number of hydrogen-bond acceptors (Lipinski definition) is 5. The lowest BCUT2D eigenvalue weighted by molar-refractivity contribution is 0.237. The number of nitrogens with two attached hydrogens (primary N) is 1. The van der Waals surface area contributed by atoms with Gasteiger partial charge in [-0.3, -0.25) is 0 Å². The van der Waals surface area contributed by atoms with Crippen LogP contribution in [0.15, 0.2) is 18.3 Å². The molecule has 1 aliphatic heterocycles. The zero-order chi connectivity index (χ0) is 11.9. The Bertz CT molecular complexity index is 335. The van der Waals surface area contributed by atoms with Crippen LogP contribution in [0.5, 0.6) is 0 Å². The van der Waals surface area contributed by atoms with Crippen molar-refractivity contribution in [3.63, 3.8) is 0 Å². The first-order chi connectivity index (χ1) is 8.38. The summed E-state index contributed by atoms with van der Waals surface area (Å²) in [6.45, 7) is 4.56. The molecule has 94 valence electrons. The zero-order valence-corrected chi connectivity index (χ0v) is 10.2. The number of anilines is 2. The molecule has 17 heavy (non-hydrogen) atoms. The molecule has 0 unspecified atom stereocenters. The van der Waals surface area contributed by atoms with Gasteiger partial charge in [0.15, 0.2) is 0 Å². The van der Waals surface area contributed by atoms with Gasteiger partial charge in [-0.25, -0.2) is 10.8 Å². The van der Waals surface area contributed by atoms with Crippen LogP contribution in [0.2, 0.25) is 0 Å². The third kappa shape index (κ3) is 3.87. The Kier molecular flexibility index (Phi) is 4.58. The van der Waals surface area contributed by atoms with Crippen molar-refractivity contribution in [2.45, 2.75) is 19.3 Å². The molecule has 0 bridgehead atoms. The van der Waals surface area contributed by atoms with Crippen LogP contribution in [0.4, 0.5) is 11.5 Å². The van der Waals surface area contributed by atoms with Crippen molar-refractivity contribution in [1.29, 1.82) is 0 Å². The monoisotopic (exact) mass is 235 g/mol. The van der Waals surface area contributed by atoms with Crippen molar-refractivity contribution < 1.29 is 0 Å². The first kappa shape index (κ1) is 12.1. The smallest absolute Gasteiger partial charge is 0.141 e. The quantitative estimate of drug-likeness (QED) is 0.530. The van der Waals surface area contributed by atoms with Crippen LogP contribution >= 0.6 is 0 Å². The molecule has 2 heterocycles. The normalized spacial score (nSPS) is 16.8. The molecule has 1 aliphatic rings. The van der Waals surface area contributed by atoms with E-state index in [1.54, 1.807) is 6.20 Å². The van der Waals surface area contributed by atoms with Crippen LogP contribution in [-0.4, -0.2) is 36.1 Å². The minimum atomic E-state index is 0.688. The standard InChI is InChI=1S/C12H21N5/c13-16-12-10-11(4-5-15-12)14-6-9-17-7-2-1-3-8-17/h4-5,10H,1-3,6-9,13H2,(H2,14,15,16). The first-order valence-corrected chi connectivity index (χ1v) is 6.27. The summed E-state index contributed by atoms with van der Waals surface area (Å²) >= 11 is 0. The van der Waals surface area contributed by atoms with Gasteiger partial charge in [-0.1, -0.05) is 6.42 Å². The average Bonchev–Trinajstić information content (AvgIpc) is 2.40. The first-order valence-electron chi connectivity index (χ1n) is 6.27. The summed E-state index contributed by atoms with van der Waals surface area (Å²) in [5, 5.41) is 3.39. The predicted molar refractivity (Wildman–Crippen MR) is 70.8 cm³/mol. The molecule has 0 atom stereocenters. The molecule has 0 aliphatic carbocycles. The molecule has 2 rings (SSSR count). The summed E-state index contributed by atoms with van der Waals surface area (Å²) in [4.78, 5) is 6.58. The van der Waals surface area contributed by atoms with Gasteiger partial charge >= 0.3 is 0 Å². The third-order valence-electron chi connectivity index (χ3n) is 3.11. The van der Waals surface area contributed by atoms with Crippen molar-refractivity contribution in [2.24, 2.45) is 5.84 Å². The number of likely N-dealkylation sites (tertiary alicyclic amines) is 1. The average molecular weight is 235 g/mol. The number of pyridine rings is 1. The Morgan fingerprint density at radius 2 is 2.12 bits per heavy atom. The number of hydrazine groups is 1. The molecule has 1 fully saturated rings. The van der Waals surface area contributed by atoms with Gasteiger partial charge in [0.1, 0.15) is 5.82 Å². The van der Waals surface area contributed by atoms with Crippen LogP contribution < -0.4 is 16.6 Å². The lowest BCUT2D eigenvalue weighted by atomic mass is 10.1. The summed E-state index contributed by atoms with van der Waals surface area (Å²) in [6, 6.07) is 3.87. The summed E-state index contributed by atoms with van der Waals surface area (Å²) < 4.78 is 0. The molecule has 0 radical (unpaired) electrons. The second-order valence-electron chi connectivity index (χ2n) is 4.40. The lowest BCUT2D eigenvalue weighted by Gasteiger charge is -2.26. The molecular weight excluding hydrogens is 214 g/mol. The maximum atomic E-state index is 5.32. The van der Waals surface area contributed by atoms with E-state index in [9.17, 15) is 0 Å². The van der Waals surface area contributed by atoms with Crippen molar-refractivity contribution >= 4 is 11.5 Å². The molecule has 0 spiro atoms. The second-order valence-corrected chi connectivity index (χ2v) is 4.40. The maximum absolute atomic E-state index is 5.32. The second kappa shape index (κ2) is 6.42. The number of aromatic nitrogens is 1. The number of nitrogen functional groups attached to an aromatic ring is 1. The van der Waals surface area contributed by atoms with E-state index in [1.165, 1.54) is 32.4 Å². The Morgan fingerprint density at radius 3 is 2.88 bits per heavy atom. The molecule has 5 heteroatoms. The topological polar surface area (TPSA) is 66.2 Å². The molecule has 1 aromatic rings. The van der Waals surface area contributed by atoms with Gasteiger partial charge in [0.25, 0.3) is 0 Å². The number of rotatable bonds is 5. The highest BCUT2D eigenvalue weighted by Gasteiger charge is 2.08. The molecule has 1 saturated heterocycles. The summed E-state index contributed by atoms with van der Waals surface area (Å²) in [5.74, 6) is 6.00. The number of piperidine rings is 1. The van der Waals surface area contributed by atoms with Gasteiger partial charge in [-0.05, 0) is 32.0 Å². The van der Waals surface area contributed by atoms with E-state index < -0.39 is 0 Å².